The van der Waals surface area contributed by atoms with Crippen molar-refractivity contribution in [2.75, 3.05) is 18.9 Å². The first-order valence-electron chi connectivity index (χ1n) is 7.17. The average Bonchev–Trinajstić information content (AvgIpc) is 2.52. The molecule has 0 aliphatic heterocycles. The molecule has 0 bridgehead atoms. The van der Waals surface area contributed by atoms with E-state index in [1.807, 2.05) is 18.9 Å². The number of aliphatic imine (C=N–C) groups is 1. The molecule has 0 saturated heterocycles. The van der Waals surface area contributed by atoms with Gasteiger partial charge in [-0.25, -0.2) is 9.38 Å². The molecule has 0 aliphatic carbocycles. The van der Waals surface area contributed by atoms with E-state index in [0.717, 1.165) is 6.54 Å². The van der Waals surface area contributed by atoms with Crippen molar-refractivity contribution in [2.45, 2.75) is 13.8 Å². The van der Waals surface area contributed by atoms with Crippen LogP contribution in [0.2, 0.25) is 10.0 Å². The van der Waals surface area contributed by atoms with Gasteiger partial charge in [0.2, 0.25) is 0 Å². The Bertz CT molecular complexity index is 732. The van der Waals surface area contributed by atoms with Crippen LogP contribution in [0.1, 0.15) is 12.5 Å². The van der Waals surface area contributed by atoms with Crippen LogP contribution in [0.5, 0.6) is 0 Å². The smallest absolute Gasteiger partial charge is 0.128 e. The van der Waals surface area contributed by atoms with Crippen LogP contribution >= 0.6 is 23.2 Å². The van der Waals surface area contributed by atoms with Crippen LogP contribution in [0.3, 0.4) is 0 Å². The van der Waals surface area contributed by atoms with Crippen molar-refractivity contribution in [3.63, 3.8) is 0 Å². The van der Waals surface area contributed by atoms with Gasteiger partial charge >= 0.3 is 0 Å². The highest BCUT2D eigenvalue weighted by molar-refractivity contribution is 6.37. The predicted octanol–water partition coefficient (Wildman–Crippen LogP) is 5.80. The first-order valence-corrected chi connectivity index (χ1v) is 7.93. The maximum Gasteiger partial charge on any atom is 0.128 e. The summed E-state index contributed by atoms with van der Waals surface area (Å²) in [6, 6.07) is 8.26. The van der Waals surface area contributed by atoms with E-state index in [0.29, 0.717) is 32.7 Å². The molecule has 0 aliphatic rings. The summed E-state index contributed by atoms with van der Waals surface area (Å²) in [4.78, 5) is 6.23. The molecule has 0 fully saturated rings. The maximum absolute atomic E-state index is 13.6. The minimum absolute atomic E-state index is 0.277. The lowest BCUT2D eigenvalue weighted by molar-refractivity contribution is 0.552. The van der Waals surface area contributed by atoms with Gasteiger partial charge in [0.25, 0.3) is 0 Å². The van der Waals surface area contributed by atoms with E-state index in [2.05, 4.69) is 10.3 Å². The van der Waals surface area contributed by atoms with Crippen molar-refractivity contribution in [1.82, 2.24) is 4.90 Å². The fourth-order valence-electron chi connectivity index (χ4n) is 1.80. The molecule has 2 aromatic carbocycles. The van der Waals surface area contributed by atoms with Crippen molar-refractivity contribution in [3.8, 4) is 0 Å². The quantitative estimate of drug-likeness (QED) is 0.543. The van der Waals surface area contributed by atoms with Crippen molar-refractivity contribution < 1.29 is 4.39 Å². The second-order valence-corrected chi connectivity index (χ2v) is 6.00. The standard InChI is InChI=1S/C17H18Cl2FN3/c1-4-23(3)10-21-16-8-14(19)17(9-13(16)18)22-12-6-5-11(2)15(20)7-12/h5-10,22H,4H2,1-3H3. The molecule has 23 heavy (non-hydrogen) atoms. The largest absolute Gasteiger partial charge is 0.366 e. The zero-order chi connectivity index (χ0) is 17.0. The lowest BCUT2D eigenvalue weighted by Gasteiger charge is -2.12. The van der Waals surface area contributed by atoms with Crippen molar-refractivity contribution in [2.24, 2.45) is 4.99 Å². The SMILES string of the molecule is CCN(C)C=Nc1cc(Cl)c(Nc2ccc(C)c(F)c2)cc1Cl. The number of benzene rings is 2. The number of aryl methyl sites for hydroxylation is 1. The molecule has 0 spiro atoms. The van der Waals surface area contributed by atoms with Crippen LogP contribution in [0.15, 0.2) is 35.3 Å². The average molecular weight is 354 g/mol. The Morgan fingerprint density at radius 2 is 1.96 bits per heavy atom. The lowest BCUT2D eigenvalue weighted by atomic mass is 10.2. The summed E-state index contributed by atoms with van der Waals surface area (Å²) in [6.45, 7) is 4.57. The van der Waals surface area contributed by atoms with Crippen LogP contribution < -0.4 is 5.32 Å². The highest BCUT2D eigenvalue weighted by Crippen LogP contribution is 2.35. The van der Waals surface area contributed by atoms with E-state index >= 15 is 0 Å². The Hall–Kier alpha value is -1.78. The lowest BCUT2D eigenvalue weighted by Crippen LogP contribution is -2.14. The van der Waals surface area contributed by atoms with Gasteiger partial charge in [-0.2, -0.15) is 0 Å². The molecule has 0 aromatic heterocycles. The summed E-state index contributed by atoms with van der Waals surface area (Å²) in [5.41, 5.74) is 2.37. The molecule has 6 heteroatoms. The number of hydrogen-bond donors (Lipinski definition) is 1. The van der Waals surface area contributed by atoms with Crippen molar-refractivity contribution in [1.29, 1.82) is 0 Å². The Morgan fingerprint density at radius 1 is 1.22 bits per heavy atom. The molecular formula is C17H18Cl2FN3. The Balaban J connectivity index is 2.25. The van der Waals surface area contributed by atoms with Crippen molar-refractivity contribution in [3.05, 3.63) is 51.8 Å². The topological polar surface area (TPSA) is 27.6 Å². The van der Waals surface area contributed by atoms with Gasteiger partial charge in [0.1, 0.15) is 5.82 Å². The third-order valence-corrected chi connectivity index (χ3v) is 4.00. The monoisotopic (exact) mass is 353 g/mol. The molecule has 122 valence electrons. The van der Waals surface area contributed by atoms with Crippen LogP contribution in [0, 0.1) is 12.7 Å². The summed E-state index contributed by atoms with van der Waals surface area (Å²) in [6.07, 6.45) is 1.69. The highest BCUT2D eigenvalue weighted by atomic mass is 35.5. The van der Waals surface area contributed by atoms with Crippen LogP contribution in [0.25, 0.3) is 0 Å². The molecule has 0 saturated carbocycles. The summed E-state index contributed by atoms with van der Waals surface area (Å²) < 4.78 is 13.6. The van der Waals surface area contributed by atoms with Crippen LogP contribution in [-0.2, 0) is 0 Å². The van der Waals surface area contributed by atoms with E-state index in [-0.39, 0.29) is 5.82 Å². The van der Waals surface area contributed by atoms with Crippen molar-refractivity contribution >= 4 is 46.6 Å². The third-order valence-electron chi connectivity index (χ3n) is 3.38. The number of nitrogens with zero attached hydrogens (tertiary/aromatic N) is 2. The van der Waals surface area contributed by atoms with E-state index in [9.17, 15) is 4.39 Å². The Labute approximate surface area is 145 Å². The normalized spacial score (nSPS) is 11.0. The van der Waals surface area contributed by atoms with Crippen LogP contribution in [0.4, 0.5) is 21.5 Å². The van der Waals surface area contributed by atoms with E-state index in [1.54, 1.807) is 37.5 Å². The fourth-order valence-corrected chi connectivity index (χ4v) is 2.22. The van der Waals surface area contributed by atoms with Gasteiger partial charge in [-0.3, -0.25) is 0 Å². The summed E-state index contributed by atoms with van der Waals surface area (Å²) in [5.74, 6) is -0.277. The zero-order valence-corrected chi connectivity index (χ0v) is 14.7. The Morgan fingerprint density at radius 3 is 2.61 bits per heavy atom. The Kier molecular flexibility index (Phi) is 5.85. The first-order chi connectivity index (χ1) is 10.9. The number of nitrogens with one attached hydrogen (secondary N) is 1. The van der Waals surface area contributed by atoms with E-state index in [4.69, 9.17) is 23.2 Å². The predicted molar refractivity (Wildman–Crippen MR) is 97.3 cm³/mol. The molecule has 0 radical (unpaired) electrons. The third kappa shape index (κ3) is 4.60. The molecule has 3 nitrogen and oxygen atoms in total. The molecular weight excluding hydrogens is 336 g/mol. The van der Waals surface area contributed by atoms with Gasteiger partial charge in [0.05, 0.1) is 27.8 Å². The number of halogens is 3. The fraction of sp³-hybridized carbons (Fsp3) is 0.235. The molecule has 0 atom stereocenters. The minimum Gasteiger partial charge on any atom is -0.366 e. The molecule has 0 amide bonds. The molecule has 2 rings (SSSR count). The summed E-state index contributed by atoms with van der Waals surface area (Å²) in [5, 5.41) is 3.99. The number of anilines is 2. The van der Waals surface area contributed by atoms with Gasteiger partial charge in [-0.1, -0.05) is 29.3 Å². The second-order valence-electron chi connectivity index (χ2n) is 5.19. The van der Waals surface area contributed by atoms with E-state index in [1.165, 1.54) is 6.07 Å². The van der Waals surface area contributed by atoms with Gasteiger partial charge < -0.3 is 10.2 Å². The number of hydrogen-bond acceptors (Lipinski definition) is 2. The summed E-state index contributed by atoms with van der Waals surface area (Å²) in [7, 11) is 1.92. The minimum atomic E-state index is -0.277. The van der Waals surface area contributed by atoms with Gasteiger partial charge in [0, 0.05) is 19.3 Å². The second kappa shape index (κ2) is 7.66. The zero-order valence-electron chi connectivity index (χ0n) is 13.2. The maximum atomic E-state index is 13.6. The molecule has 2 aromatic rings. The van der Waals surface area contributed by atoms with Gasteiger partial charge in [-0.05, 0) is 43.7 Å². The molecule has 0 heterocycles. The first kappa shape index (κ1) is 17.6. The van der Waals surface area contributed by atoms with E-state index < -0.39 is 0 Å². The van der Waals surface area contributed by atoms with Gasteiger partial charge in [-0.15, -0.1) is 0 Å². The molecule has 1 N–H and O–H groups in total. The molecule has 0 unspecified atom stereocenters. The highest BCUT2D eigenvalue weighted by Gasteiger charge is 2.08. The van der Waals surface area contributed by atoms with Gasteiger partial charge in [0.15, 0.2) is 0 Å². The summed E-state index contributed by atoms with van der Waals surface area (Å²) >= 11 is 12.5. The van der Waals surface area contributed by atoms with Crippen LogP contribution in [-0.4, -0.2) is 24.8 Å². The number of rotatable bonds is 5.